The van der Waals surface area contributed by atoms with Crippen molar-refractivity contribution in [2.24, 2.45) is 0 Å². The highest BCUT2D eigenvalue weighted by molar-refractivity contribution is 7.89. The zero-order valence-corrected chi connectivity index (χ0v) is 13.0. The van der Waals surface area contributed by atoms with Gasteiger partial charge < -0.3 is 14.2 Å². The van der Waals surface area contributed by atoms with Crippen LogP contribution in [0.4, 0.5) is 0 Å². The van der Waals surface area contributed by atoms with Crippen molar-refractivity contribution in [1.29, 1.82) is 0 Å². The summed E-state index contributed by atoms with van der Waals surface area (Å²) in [5.74, 6) is 1.86. The average molecular weight is 321 g/mol. The van der Waals surface area contributed by atoms with E-state index in [9.17, 15) is 8.42 Å². The van der Waals surface area contributed by atoms with Crippen LogP contribution in [-0.4, -0.2) is 33.6 Å². The fourth-order valence-corrected chi connectivity index (χ4v) is 3.04. The molecule has 1 aliphatic rings. The topological polar surface area (TPSA) is 74.7 Å². The molecule has 0 atom stereocenters. The second-order valence-electron chi connectivity index (χ2n) is 5.03. The highest BCUT2D eigenvalue weighted by Gasteiger charge is 2.19. The van der Waals surface area contributed by atoms with E-state index < -0.39 is 9.84 Å². The first-order chi connectivity index (χ1) is 10.5. The summed E-state index contributed by atoms with van der Waals surface area (Å²) in [6.07, 6.45) is 2.75. The van der Waals surface area contributed by atoms with Gasteiger partial charge in [-0.3, -0.25) is 4.98 Å². The molecular weight excluding hydrogens is 306 g/mol. The van der Waals surface area contributed by atoms with Crippen molar-refractivity contribution in [3.05, 3.63) is 36.0 Å². The second kappa shape index (κ2) is 5.49. The molecule has 2 aromatic rings. The molecule has 6 nitrogen and oxygen atoms in total. The van der Waals surface area contributed by atoms with Crippen LogP contribution < -0.4 is 14.2 Å². The summed E-state index contributed by atoms with van der Waals surface area (Å²) < 4.78 is 38.7. The van der Waals surface area contributed by atoms with Gasteiger partial charge in [0.2, 0.25) is 6.79 Å². The molecule has 1 aliphatic heterocycles. The van der Waals surface area contributed by atoms with Crippen LogP contribution in [0.2, 0.25) is 0 Å². The Hall–Kier alpha value is -2.28. The van der Waals surface area contributed by atoms with Crippen LogP contribution >= 0.6 is 0 Å². The molecule has 1 aromatic carbocycles. The second-order valence-corrected chi connectivity index (χ2v) is 7.17. The van der Waals surface area contributed by atoms with Crippen molar-refractivity contribution in [2.45, 2.75) is 5.75 Å². The largest absolute Gasteiger partial charge is 0.496 e. The number of methoxy groups -OCH3 is 1. The third kappa shape index (κ3) is 2.99. The Morgan fingerprint density at radius 2 is 1.95 bits per heavy atom. The van der Waals surface area contributed by atoms with Gasteiger partial charge in [0.25, 0.3) is 0 Å². The summed E-state index contributed by atoms with van der Waals surface area (Å²) >= 11 is 0. The van der Waals surface area contributed by atoms with Crippen LogP contribution in [0.15, 0.2) is 30.5 Å². The number of rotatable bonds is 4. The predicted octanol–water partition coefficient (Wildman–Crippen LogP) is 2.03. The van der Waals surface area contributed by atoms with Gasteiger partial charge in [0.05, 0.1) is 18.6 Å². The standard InChI is InChI=1S/C15H15NO5S/c1-19-13-6-15-14(20-9-21-15)5-11(13)12-4-3-10(7-16-12)8-22(2,17)18/h3-7H,8-9H2,1-2H3. The van der Waals surface area contributed by atoms with Crippen molar-refractivity contribution >= 4 is 9.84 Å². The van der Waals surface area contributed by atoms with Crippen molar-refractivity contribution in [3.63, 3.8) is 0 Å². The Bertz CT molecular complexity index is 799. The van der Waals surface area contributed by atoms with Gasteiger partial charge in [0.1, 0.15) is 5.75 Å². The number of sulfone groups is 1. The lowest BCUT2D eigenvalue weighted by Gasteiger charge is -2.10. The van der Waals surface area contributed by atoms with Crippen molar-refractivity contribution < 1.29 is 22.6 Å². The quantitative estimate of drug-likeness (QED) is 0.858. The number of benzene rings is 1. The Kier molecular flexibility index (Phi) is 3.66. The Morgan fingerprint density at radius 1 is 1.23 bits per heavy atom. The van der Waals surface area contributed by atoms with Gasteiger partial charge in [0, 0.05) is 24.1 Å². The van der Waals surface area contributed by atoms with Crippen molar-refractivity contribution in [1.82, 2.24) is 4.98 Å². The van der Waals surface area contributed by atoms with Crippen LogP contribution in [0.3, 0.4) is 0 Å². The van der Waals surface area contributed by atoms with E-state index in [0.29, 0.717) is 28.5 Å². The summed E-state index contributed by atoms with van der Waals surface area (Å²) in [7, 11) is -1.51. The first-order valence-electron chi connectivity index (χ1n) is 6.57. The van der Waals surface area contributed by atoms with Gasteiger partial charge in [-0.25, -0.2) is 8.42 Å². The summed E-state index contributed by atoms with van der Waals surface area (Å²) in [5, 5.41) is 0. The van der Waals surface area contributed by atoms with Crippen LogP contribution in [0.1, 0.15) is 5.56 Å². The molecule has 0 N–H and O–H groups in total. The maximum absolute atomic E-state index is 11.3. The molecule has 0 unspecified atom stereocenters. The van der Waals surface area contributed by atoms with Gasteiger partial charge in [-0.05, 0) is 17.7 Å². The summed E-state index contributed by atoms with van der Waals surface area (Å²) in [6, 6.07) is 7.07. The van der Waals surface area contributed by atoms with Crippen LogP contribution in [0.25, 0.3) is 11.3 Å². The molecule has 22 heavy (non-hydrogen) atoms. The zero-order chi connectivity index (χ0) is 15.7. The van der Waals surface area contributed by atoms with E-state index in [4.69, 9.17) is 14.2 Å². The van der Waals surface area contributed by atoms with Gasteiger partial charge in [-0.2, -0.15) is 0 Å². The molecule has 0 aliphatic carbocycles. The predicted molar refractivity (Wildman–Crippen MR) is 80.9 cm³/mol. The molecule has 0 spiro atoms. The minimum absolute atomic E-state index is 0.0292. The molecule has 0 fully saturated rings. The third-order valence-electron chi connectivity index (χ3n) is 3.22. The summed E-state index contributed by atoms with van der Waals surface area (Å²) in [5.41, 5.74) is 2.08. The van der Waals surface area contributed by atoms with E-state index in [1.807, 2.05) is 0 Å². The van der Waals surface area contributed by atoms with Crippen molar-refractivity contribution in [3.8, 4) is 28.5 Å². The average Bonchev–Trinajstić information content (AvgIpc) is 2.92. The van der Waals surface area contributed by atoms with Gasteiger partial charge >= 0.3 is 0 Å². The molecule has 7 heteroatoms. The van der Waals surface area contributed by atoms with E-state index in [1.165, 1.54) is 6.26 Å². The molecular formula is C15H15NO5S. The molecule has 116 valence electrons. The number of aromatic nitrogens is 1. The maximum Gasteiger partial charge on any atom is 0.231 e. The summed E-state index contributed by atoms with van der Waals surface area (Å²) in [6.45, 7) is 0.183. The number of pyridine rings is 1. The number of hydrogen-bond acceptors (Lipinski definition) is 6. The normalized spacial score (nSPS) is 13.2. The smallest absolute Gasteiger partial charge is 0.231 e. The van der Waals surface area contributed by atoms with Crippen molar-refractivity contribution in [2.75, 3.05) is 20.2 Å². The van der Waals surface area contributed by atoms with Gasteiger partial charge in [-0.1, -0.05) is 6.07 Å². The Balaban J connectivity index is 1.97. The highest BCUT2D eigenvalue weighted by Crippen LogP contribution is 2.41. The minimum Gasteiger partial charge on any atom is -0.496 e. The van der Waals surface area contributed by atoms with E-state index in [0.717, 1.165) is 5.56 Å². The number of hydrogen-bond donors (Lipinski definition) is 0. The first-order valence-corrected chi connectivity index (χ1v) is 8.63. The summed E-state index contributed by atoms with van der Waals surface area (Å²) in [4.78, 5) is 4.33. The maximum atomic E-state index is 11.3. The molecule has 0 radical (unpaired) electrons. The fraction of sp³-hybridized carbons (Fsp3) is 0.267. The lowest BCUT2D eigenvalue weighted by atomic mass is 10.1. The van der Waals surface area contributed by atoms with Crippen LogP contribution in [-0.2, 0) is 15.6 Å². The molecule has 3 rings (SSSR count). The van der Waals surface area contributed by atoms with E-state index in [1.54, 1.807) is 37.6 Å². The lowest BCUT2D eigenvalue weighted by Crippen LogP contribution is -2.01. The Labute approximate surface area is 128 Å². The van der Waals surface area contributed by atoms with Crippen LogP contribution in [0.5, 0.6) is 17.2 Å². The fourth-order valence-electron chi connectivity index (χ4n) is 2.26. The monoisotopic (exact) mass is 321 g/mol. The molecule has 0 saturated heterocycles. The van der Waals surface area contributed by atoms with Gasteiger partial charge in [0.15, 0.2) is 21.3 Å². The number of ether oxygens (including phenoxy) is 3. The minimum atomic E-state index is -3.08. The molecule has 2 heterocycles. The highest BCUT2D eigenvalue weighted by atomic mass is 32.2. The first kappa shape index (κ1) is 14.6. The number of nitrogens with zero attached hydrogens (tertiary/aromatic N) is 1. The molecule has 0 amide bonds. The molecule has 1 aromatic heterocycles. The zero-order valence-electron chi connectivity index (χ0n) is 12.2. The van der Waals surface area contributed by atoms with Gasteiger partial charge in [-0.15, -0.1) is 0 Å². The SMILES string of the molecule is COc1cc2c(cc1-c1ccc(CS(C)(=O)=O)cn1)OCO2. The molecule has 0 saturated carbocycles. The van der Waals surface area contributed by atoms with E-state index in [2.05, 4.69) is 4.98 Å². The number of fused-ring (bicyclic) bond motifs is 1. The Morgan fingerprint density at radius 3 is 2.55 bits per heavy atom. The van der Waals surface area contributed by atoms with E-state index >= 15 is 0 Å². The third-order valence-corrected chi connectivity index (χ3v) is 4.08. The van der Waals surface area contributed by atoms with Crippen LogP contribution in [0, 0.1) is 0 Å². The van der Waals surface area contributed by atoms with E-state index in [-0.39, 0.29) is 12.5 Å². The lowest BCUT2D eigenvalue weighted by molar-refractivity contribution is 0.174. The molecule has 0 bridgehead atoms.